The molecule has 3 aromatic carbocycles. The molecule has 2 atom stereocenters. The first kappa shape index (κ1) is 32.8. The Hall–Kier alpha value is -3.72. The number of sulfonamides is 1. The molecule has 0 aromatic heterocycles. The second kappa shape index (κ2) is 15.0. The number of benzene rings is 3. The van der Waals surface area contributed by atoms with Crippen molar-refractivity contribution >= 4 is 27.5 Å². The fraction of sp³-hybridized carbons (Fsp3) is 0.394. The second-order valence-corrected chi connectivity index (χ2v) is 12.8. The van der Waals surface area contributed by atoms with Gasteiger partial charge in [-0.05, 0) is 68.5 Å². The monoisotopic (exact) mass is 595 g/mol. The Kier molecular flexibility index (Phi) is 11.7. The molecule has 9 heteroatoms. The zero-order chi connectivity index (χ0) is 30.9. The first-order valence-electron chi connectivity index (χ1n) is 14.3. The third-order valence-corrected chi connectivity index (χ3v) is 8.41. The van der Waals surface area contributed by atoms with Crippen LogP contribution in [0.15, 0.2) is 72.8 Å². The van der Waals surface area contributed by atoms with Crippen LogP contribution in [0.2, 0.25) is 0 Å². The highest BCUT2D eigenvalue weighted by Crippen LogP contribution is 2.23. The molecule has 0 radical (unpaired) electrons. The van der Waals surface area contributed by atoms with Crippen molar-refractivity contribution in [1.82, 2.24) is 10.2 Å². The summed E-state index contributed by atoms with van der Waals surface area (Å²) in [6.45, 7) is 7.65. The summed E-state index contributed by atoms with van der Waals surface area (Å²) in [6, 6.07) is 20.2. The van der Waals surface area contributed by atoms with Gasteiger partial charge in [-0.3, -0.25) is 13.9 Å². The molecule has 0 aliphatic heterocycles. The number of amides is 2. The van der Waals surface area contributed by atoms with Gasteiger partial charge in [0.2, 0.25) is 21.8 Å². The maximum Gasteiger partial charge on any atom is 0.243 e. The number of nitrogens with one attached hydrogen (secondary N) is 1. The Bertz CT molecular complexity index is 1440. The number of nitrogens with zero attached hydrogens (tertiary/aromatic N) is 2. The fourth-order valence-electron chi connectivity index (χ4n) is 4.90. The van der Waals surface area contributed by atoms with Gasteiger partial charge in [-0.15, -0.1) is 0 Å². The molecule has 0 saturated heterocycles. The van der Waals surface area contributed by atoms with Crippen LogP contribution in [0.3, 0.4) is 0 Å². The smallest absolute Gasteiger partial charge is 0.243 e. The third-order valence-electron chi connectivity index (χ3n) is 7.22. The van der Waals surface area contributed by atoms with E-state index in [1.54, 1.807) is 30.3 Å². The highest BCUT2D eigenvalue weighted by atomic mass is 32.2. The van der Waals surface area contributed by atoms with E-state index in [1.165, 1.54) is 15.3 Å². The summed E-state index contributed by atoms with van der Waals surface area (Å²) >= 11 is 0. The minimum absolute atomic E-state index is 0.0207. The number of hydrogen-bond acceptors (Lipinski definition) is 4. The quantitative estimate of drug-likeness (QED) is 0.265. The Morgan fingerprint density at radius 3 is 2.17 bits per heavy atom. The summed E-state index contributed by atoms with van der Waals surface area (Å²) in [7, 11) is -3.62. The Morgan fingerprint density at radius 2 is 1.57 bits per heavy atom. The molecule has 226 valence electrons. The number of halogens is 1. The molecular weight excluding hydrogens is 553 g/mol. The second-order valence-electron chi connectivity index (χ2n) is 10.9. The van der Waals surface area contributed by atoms with Crippen LogP contribution in [-0.2, 0) is 32.6 Å². The lowest BCUT2D eigenvalue weighted by Crippen LogP contribution is -2.52. The van der Waals surface area contributed by atoms with E-state index in [4.69, 9.17) is 0 Å². The Morgan fingerprint density at radius 1 is 0.952 bits per heavy atom. The summed E-state index contributed by atoms with van der Waals surface area (Å²) in [5, 5.41) is 3.00. The largest absolute Gasteiger partial charge is 0.352 e. The first-order valence-corrected chi connectivity index (χ1v) is 16.2. The van der Waals surface area contributed by atoms with E-state index in [0.717, 1.165) is 22.9 Å². The normalized spacial score (nSPS) is 12.8. The molecule has 0 aliphatic rings. The minimum atomic E-state index is -3.62. The number of carbonyl (C=O) groups excluding carboxylic acids is 2. The van der Waals surface area contributed by atoms with Gasteiger partial charge in [-0.25, -0.2) is 12.8 Å². The van der Waals surface area contributed by atoms with Crippen molar-refractivity contribution in [3.05, 3.63) is 101 Å². The van der Waals surface area contributed by atoms with Crippen molar-refractivity contribution in [3.63, 3.8) is 0 Å². The maximum atomic E-state index is 14.8. The van der Waals surface area contributed by atoms with Crippen LogP contribution >= 0.6 is 0 Å². The predicted molar refractivity (Wildman–Crippen MR) is 166 cm³/mol. The molecule has 3 rings (SSSR count). The molecule has 0 aliphatic carbocycles. The molecule has 0 saturated carbocycles. The molecule has 0 bridgehead atoms. The summed E-state index contributed by atoms with van der Waals surface area (Å²) in [5.41, 5.74) is 3.57. The average Bonchev–Trinajstić information content (AvgIpc) is 2.93. The van der Waals surface area contributed by atoms with Crippen molar-refractivity contribution in [3.8, 4) is 0 Å². The van der Waals surface area contributed by atoms with Crippen LogP contribution in [0.1, 0.15) is 55.4 Å². The topological polar surface area (TPSA) is 86.8 Å². The molecule has 2 amide bonds. The SMILES string of the molecule is CC[C@H](C)NC(=O)[C@@H](Cc1ccccc1)N(Cc1ccccc1F)C(=O)CCCN(c1cc(C)cc(C)c1)S(C)(=O)=O. The van der Waals surface area contributed by atoms with Crippen molar-refractivity contribution in [1.29, 1.82) is 0 Å². The molecule has 42 heavy (non-hydrogen) atoms. The van der Waals surface area contributed by atoms with E-state index < -0.39 is 21.9 Å². The Labute approximate surface area is 249 Å². The zero-order valence-corrected chi connectivity index (χ0v) is 26.0. The lowest BCUT2D eigenvalue weighted by atomic mass is 10.0. The number of carbonyl (C=O) groups is 2. The van der Waals surface area contributed by atoms with E-state index in [1.807, 2.05) is 64.1 Å². The molecule has 0 spiro atoms. The molecule has 1 N–H and O–H groups in total. The molecular formula is C33H42FN3O4S. The van der Waals surface area contributed by atoms with Crippen LogP contribution in [0, 0.1) is 19.7 Å². The van der Waals surface area contributed by atoms with Gasteiger partial charge in [0.05, 0.1) is 11.9 Å². The fourth-order valence-corrected chi connectivity index (χ4v) is 5.85. The van der Waals surface area contributed by atoms with Crippen LogP contribution < -0.4 is 9.62 Å². The lowest BCUT2D eigenvalue weighted by Gasteiger charge is -2.33. The average molecular weight is 596 g/mol. The highest BCUT2D eigenvalue weighted by Gasteiger charge is 2.31. The summed E-state index contributed by atoms with van der Waals surface area (Å²) in [6.07, 6.45) is 2.31. The summed E-state index contributed by atoms with van der Waals surface area (Å²) in [4.78, 5) is 28.9. The zero-order valence-electron chi connectivity index (χ0n) is 25.1. The lowest BCUT2D eigenvalue weighted by molar-refractivity contribution is -0.141. The summed E-state index contributed by atoms with van der Waals surface area (Å²) in [5.74, 6) is -1.13. The van der Waals surface area contributed by atoms with Crippen molar-refractivity contribution in [2.24, 2.45) is 0 Å². The van der Waals surface area contributed by atoms with E-state index in [2.05, 4.69) is 5.32 Å². The van der Waals surface area contributed by atoms with Gasteiger partial charge in [-0.1, -0.05) is 61.5 Å². The van der Waals surface area contributed by atoms with Crippen LogP contribution in [0.4, 0.5) is 10.1 Å². The van der Waals surface area contributed by atoms with Gasteiger partial charge < -0.3 is 10.2 Å². The molecule has 0 heterocycles. The van der Waals surface area contributed by atoms with Crippen LogP contribution in [0.25, 0.3) is 0 Å². The van der Waals surface area contributed by atoms with Gasteiger partial charge in [-0.2, -0.15) is 0 Å². The minimum Gasteiger partial charge on any atom is -0.352 e. The van der Waals surface area contributed by atoms with E-state index in [-0.39, 0.29) is 50.2 Å². The molecule has 7 nitrogen and oxygen atoms in total. The molecule has 3 aromatic rings. The highest BCUT2D eigenvalue weighted by molar-refractivity contribution is 7.92. The third kappa shape index (κ3) is 9.41. The standard InChI is InChI=1S/C33H42FN3O4S/c1-6-26(4)35-33(39)31(22-27-13-8-7-9-14-27)36(23-28-15-10-11-16-30(28)34)32(38)17-12-18-37(42(5,40)41)29-20-24(2)19-25(3)21-29/h7-11,13-16,19-21,26,31H,6,12,17-18,22-23H2,1-5H3,(H,35,39)/t26-,31+/m0/s1. The van der Waals surface area contributed by atoms with Crippen molar-refractivity contribution < 1.29 is 22.4 Å². The first-order chi connectivity index (χ1) is 19.9. The number of rotatable bonds is 14. The van der Waals surface area contributed by atoms with Gasteiger partial charge >= 0.3 is 0 Å². The Balaban J connectivity index is 1.91. The number of aryl methyl sites for hydroxylation is 2. The number of hydrogen-bond donors (Lipinski definition) is 1. The van der Waals surface area contributed by atoms with Crippen LogP contribution in [0.5, 0.6) is 0 Å². The summed E-state index contributed by atoms with van der Waals surface area (Å²) < 4.78 is 41.5. The van der Waals surface area contributed by atoms with Crippen molar-refractivity contribution in [2.75, 3.05) is 17.1 Å². The van der Waals surface area contributed by atoms with Gasteiger partial charge in [0, 0.05) is 37.5 Å². The van der Waals surface area contributed by atoms with E-state index >= 15 is 0 Å². The van der Waals surface area contributed by atoms with Gasteiger partial charge in [0.25, 0.3) is 0 Å². The molecule has 0 fully saturated rings. The van der Waals surface area contributed by atoms with E-state index in [0.29, 0.717) is 17.7 Å². The van der Waals surface area contributed by atoms with E-state index in [9.17, 15) is 22.4 Å². The molecule has 0 unspecified atom stereocenters. The van der Waals surface area contributed by atoms with Crippen molar-refractivity contribution in [2.45, 2.75) is 72.0 Å². The van der Waals surface area contributed by atoms with Gasteiger partial charge in [0.15, 0.2) is 0 Å². The van der Waals surface area contributed by atoms with Gasteiger partial charge in [0.1, 0.15) is 11.9 Å². The predicted octanol–water partition coefficient (Wildman–Crippen LogP) is 5.54. The number of anilines is 1. The van der Waals surface area contributed by atoms with Crippen LogP contribution in [-0.4, -0.2) is 50.0 Å². The maximum absolute atomic E-state index is 14.8.